The monoisotopic (exact) mass is 543 g/mol. The molecule has 2 aliphatic rings. The minimum atomic E-state index is 0. The van der Waals surface area contributed by atoms with Crippen LogP contribution in [-0.4, -0.2) is 81.1 Å². The first-order chi connectivity index (χ1) is 14.7. The second-order valence-electron chi connectivity index (χ2n) is 7.93. The third-order valence-corrected chi connectivity index (χ3v) is 5.86. The number of hydrogen-bond acceptors (Lipinski definition) is 4. The third kappa shape index (κ3) is 7.43. The van der Waals surface area contributed by atoms with Gasteiger partial charge in [-0.2, -0.15) is 0 Å². The molecule has 0 spiro atoms. The van der Waals surface area contributed by atoms with Crippen LogP contribution in [0.25, 0.3) is 0 Å². The number of aliphatic imine (C=N–C) groups is 1. The van der Waals surface area contributed by atoms with Gasteiger partial charge in [-0.25, -0.2) is 0 Å². The number of hydrogen-bond donors (Lipinski definition) is 1. The number of methoxy groups -OCH3 is 1. The van der Waals surface area contributed by atoms with Gasteiger partial charge in [0.1, 0.15) is 5.75 Å². The molecular weight excluding hydrogens is 505 g/mol. The quantitative estimate of drug-likeness (QED) is 0.248. The molecule has 0 aromatic heterocycles. The smallest absolute Gasteiger partial charge is 0.222 e. The fourth-order valence-corrected chi connectivity index (χ4v) is 4.20. The molecule has 2 saturated heterocycles. The number of piperazine rings is 1. The zero-order valence-electron chi connectivity index (χ0n) is 19.0. The highest BCUT2D eigenvalue weighted by Crippen LogP contribution is 2.28. The minimum Gasteiger partial charge on any atom is -0.495 e. The largest absolute Gasteiger partial charge is 0.495 e. The van der Waals surface area contributed by atoms with Gasteiger partial charge in [0.25, 0.3) is 0 Å². The molecule has 1 aromatic rings. The molecule has 0 radical (unpaired) electrons. The van der Waals surface area contributed by atoms with Gasteiger partial charge in [0, 0.05) is 58.8 Å². The zero-order chi connectivity index (χ0) is 21.2. The van der Waals surface area contributed by atoms with Gasteiger partial charge in [-0.3, -0.25) is 9.79 Å². The van der Waals surface area contributed by atoms with Crippen LogP contribution in [0.15, 0.2) is 29.3 Å². The van der Waals surface area contributed by atoms with Crippen molar-refractivity contribution in [3.05, 3.63) is 24.3 Å². The summed E-state index contributed by atoms with van der Waals surface area (Å²) in [5, 5.41) is 3.44. The third-order valence-electron chi connectivity index (χ3n) is 5.86. The molecule has 3 rings (SSSR count). The van der Waals surface area contributed by atoms with E-state index in [4.69, 9.17) is 9.73 Å². The topological polar surface area (TPSA) is 60.4 Å². The Bertz CT molecular complexity index is 707. The molecule has 0 aliphatic carbocycles. The van der Waals surface area contributed by atoms with Crippen molar-refractivity contribution < 1.29 is 9.53 Å². The van der Waals surface area contributed by atoms with E-state index in [0.29, 0.717) is 12.3 Å². The van der Waals surface area contributed by atoms with Gasteiger partial charge in [0.05, 0.1) is 12.8 Å². The van der Waals surface area contributed by atoms with Crippen molar-refractivity contribution in [1.82, 2.24) is 15.1 Å². The maximum atomic E-state index is 12.1. The minimum absolute atomic E-state index is 0. The molecule has 2 aliphatic heterocycles. The van der Waals surface area contributed by atoms with Gasteiger partial charge in [0.2, 0.25) is 5.91 Å². The number of guanidine groups is 1. The fraction of sp³-hybridized carbons (Fsp3) is 0.652. The van der Waals surface area contributed by atoms with E-state index in [9.17, 15) is 4.79 Å². The number of anilines is 1. The Kier molecular flexibility index (Phi) is 11.2. The number of rotatable bonds is 7. The molecule has 2 fully saturated rings. The van der Waals surface area contributed by atoms with Crippen molar-refractivity contribution in [1.29, 1.82) is 0 Å². The highest BCUT2D eigenvalue weighted by atomic mass is 127. The van der Waals surface area contributed by atoms with E-state index >= 15 is 0 Å². The summed E-state index contributed by atoms with van der Waals surface area (Å²) in [6.45, 7) is 9.17. The van der Waals surface area contributed by atoms with Gasteiger partial charge in [-0.15, -0.1) is 24.0 Å². The molecule has 2 heterocycles. The summed E-state index contributed by atoms with van der Waals surface area (Å²) in [5.74, 6) is 2.23. The Balaban J connectivity index is 0.00000341. The number of para-hydroxylation sites is 2. The second-order valence-corrected chi connectivity index (χ2v) is 7.93. The Morgan fingerprint density at radius 1 is 1.10 bits per heavy atom. The summed E-state index contributed by atoms with van der Waals surface area (Å²) in [4.78, 5) is 23.7. The van der Waals surface area contributed by atoms with Crippen LogP contribution in [0, 0.1) is 0 Å². The molecule has 0 atom stereocenters. The number of ether oxygens (including phenoxy) is 1. The van der Waals surface area contributed by atoms with E-state index < -0.39 is 0 Å². The first-order valence-corrected chi connectivity index (χ1v) is 11.4. The molecule has 7 nitrogen and oxygen atoms in total. The molecule has 0 bridgehead atoms. The number of carbonyl (C=O) groups excluding carboxylic acids is 1. The number of benzene rings is 1. The van der Waals surface area contributed by atoms with E-state index in [-0.39, 0.29) is 24.0 Å². The number of likely N-dealkylation sites (tertiary alicyclic amines) is 1. The number of amides is 1. The molecule has 174 valence electrons. The Morgan fingerprint density at radius 2 is 1.87 bits per heavy atom. The molecule has 31 heavy (non-hydrogen) atoms. The van der Waals surface area contributed by atoms with Gasteiger partial charge < -0.3 is 24.8 Å². The van der Waals surface area contributed by atoms with Crippen molar-refractivity contribution >= 4 is 41.5 Å². The fourth-order valence-electron chi connectivity index (χ4n) is 4.20. The van der Waals surface area contributed by atoms with Crippen molar-refractivity contribution in [2.75, 3.05) is 64.4 Å². The van der Waals surface area contributed by atoms with E-state index in [1.54, 1.807) is 7.11 Å². The Labute approximate surface area is 204 Å². The Hall–Kier alpha value is -1.71. The van der Waals surface area contributed by atoms with Crippen molar-refractivity contribution in [3.8, 4) is 5.75 Å². The molecule has 8 heteroatoms. The summed E-state index contributed by atoms with van der Waals surface area (Å²) < 4.78 is 5.52. The van der Waals surface area contributed by atoms with Crippen LogP contribution in [0.4, 0.5) is 5.69 Å². The first kappa shape index (κ1) is 25.5. The van der Waals surface area contributed by atoms with Crippen molar-refractivity contribution in [2.24, 2.45) is 4.99 Å². The number of nitrogens with zero attached hydrogens (tertiary/aromatic N) is 4. The van der Waals surface area contributed by atoms with Gasteiger partial charge in [-0.1, -0.05) is 18.6 Å². The summed E-state index contributed by atoms with van der Waals surface area (Å²) in [6, 6.07) is 8.21. The first-order valence-electron chi connectivity index (χ1n) is 11.4. The molecule has 0 unspecified atom stereocenters. The predicted molar refractivity (Wildman–Crippen MR) is 138 cm³/mol. The molecular formula is C23H38IN5O2. The van der Waals surface area contributed by atoms with Crippen LogP contribution in [0.2, 0.25) is 0 Å². The summed E-state index contributed by atoms with van der Waals surface area (Å²) in [6.07, 6.45) is 4.98. The maximum absolute atomic E-state index is 12.1. The number of carbonyl (C=O) groups is 1. The van der Waals surface area contributed by atoms with Gasteiger partial charge in [0.15, 0.2) is 5.96 Å². The summed E-state index contributed by atoms with van der Waals surface area (Å²) >= 11 is 0. The highest BCUT2D eigenvalue weighted by Gasteiger charge is 2.21. The van der Waals surface area contributed by atoms with E-state index in [1.165, 1.54) is 6.42 Å². The lowest BCUT2D eigenvalue weighted by Crippen LogP contribution is -2.52. The van der Waals surface area contributed by atoms with Crippen LogP contribution >= 0.6 is 24.0 Å². The molecule has 1 aromatic carbocycles. The normalized spacial score (nSPS) is 17.8. The number of halogens is 1. The van der Waals surface area contributed by atoms with Crippen molar-refractivity contribution in [3.63, 3.8) is 0 Å². The SMILES string of the molecule is CCNC(=NCCCN1CCCCCC1=O)N1CCN(c2ccccc2OC)CC1.I. The Morgan fingerprint density at radius 3 is 2.61 bits per heavy atom. The van der Waals surface area contributed by atoms with Crippen LogP contribution in [0.1, 0.15) is 39.0 Å². The van der Waals surface area contributed by atoms with Crippen LogP contribution in [0.5, 0.6) is 5.75 Å². The number of nitrogens with one attached hydrogen (secondary N) is 1. The second kappa shape index (κ2) is 13.6. The highest BCUT2D eigenvalue weighted by molar-refractivity contribution is 14.0. The van der Waals surface area contributed by atoms with Gasteiger partial charge >= 0.3 is 0 Å². The molecule has 1 N–H and O–H groups in total. The van der Waals surface area contributed by atoms with Crippen LogP contribution in [-0.2, 0) is 4.79 Å². The van der Waals surface area contributed by atoms with E-state index in [1.807, 2.05) is 17.0 Å². The van der Waals surface area contributed by atoms with E-state index in [2.05, 4.69) is 34.2 Å². The van der Waals surface area contributed by atoms with Crippen LogP contribution < -0.4 is 15.0 Å². The standard InChI is InChI=1S/C23H37N5O2.HI/c1-3-24-23(25-13-9-15-27-14-8-4-5-12-22(27)29)28-18-16-26(17-19-28)20-10-6-7-11-21(20)30-2;/h6-7,10-11H,3-5,8-9,12-19H2,1-2H3,(H,24,25);1H. The van der Waals surface area contributed by atoms with E-state index in [0.717, 1.165) is 89.0 Å². The molecule has 1 amide bonds. The maximum Gasteiger partial charge on any atom is 0.222 e. The summed E-state index contributed by atoms with van der Waals surface area (Å²) in [5.41, 5.74) is 1.16. The van der Waals surface area contributed by atoms with Gasteiger partial charge in [-0.05, 0) is 38.3 Å². The predicted octanol–water partition coefficient (Wildman–Crippen LogP) is 3.19. The lowest BCUT2D eigenvalue weighted by molar-refractivity contribution is -0.130. The van der Waals surface area contributed by atoms with Crippen molar-refractivity contribution in [2.45, 2.75) is 39.0 Å². The summed E-state index contributed by atoms with van der Waals surface area (Å²) in [7, 11) is 1.73. The average Bonchev–Trinajstić information content (AvgIpc) is 3.00. The molecule has 0 saturated carbocycles. The average molecular weight is 543 g/mol. The zero-order valence-corrected chi connectivity index (χ0v) is 21.3. The van der Waals surface area contributed by atoms with Crippen LogP contribution in [0.3, 0.4) is 0 Å². The lowest BCUT2D eigenvalue weighted by Gasteiger charge is -2.38. The lowest BCUT2D eigenvalue weighted by atomic mass is 10.2.